The van der Waals surface area contributed by atoms with Gasteiger partial charge in [-0.1, -0.05) is 0 Å². The fourth-order valence-electron chi connectivity index (χ4n) is 1.58. The molecule has 2 aromatic heterocycles. The Morgan fingerprint density at radius 2 is 2.10 bits per heavy atom. The van der Waals surface area contributed by atoms with Gasteiger partial charge in [-0.3, -0.25) is 4.68 Å². The fourth-order valence-corrected chi connectivity index (χ4v) is 1.58. The molecule has 9 heteroatoms. The maximum atomic E-state index is 12.3. The van der Waals surface area contributed by atoms with Crippen molar-refractivity contribution in [2.24, 2.45) is 0 Å². The first kappa shape index (κ1) is 14.1. The topological polar surface area (TPSA) is 67.7 Å². The molecule has 0 aliphatic carbocycles. The molecule has 2 rings (SSSR count). The zero-order chi connectivity index (χ0) is 14.8. The molecular weight excluding hydrogens is 273 g/mol. The Hall–Kier alpha value is -2.32. The second-order valence-electron chi connectivity index (χ2n) is 4.06. The van der Waals surface area contributed by atoms with Gasteiger partial charge in [-0.2, -0.15) is 23.3 Å². The predicted molar refractivity (Wildman–Crippen MR) is 67.9 cm³/mol. The quantitative estimate of drug-likeness (QED) is 0.903. The van der Waals surface area contributed by atoms with Crippen molar-refractivity contribution >= 4 is 17.5 Å². The molecule has 0 amide bonds. The van der Waals surface area contributed by atoms with Gasteiger partial charge in [-0.15, -0.1) is 0 Å². The lowest BCUT2D eigenvalue weighted by Crippen LogP contribution is -2.19. The molecule has 0 aliphatic rings. The number of halogens is 3. The molecule has 0 saturated carbocycles. The first-order valence-electron chi connectivity index (χ1n) is 5.76. The minimum atomic E-state index is -4.31. The maximum absolute atomic E-state index is 12.3. The van der Waals surface area contributed by atoms with Crippen LogP contribution in [0, 0.1) is 6.92 Å². The molecule has 0 aromatic carbocycles. The van der Waals surface area contributed by atoms with Crippen LogP contribution in [0.15, 0.2) is 18.5 Å². The van der Waals surface area contributed by atoms with E-state index in [1.54, 1.807) is 20.0 Å². The Morgan fingerprint density at radius 3 is 2.75 bits per heavy atom. The van der Waals surface area contributed by atoms with E-state index >= 15 is 0 Å². The molecular formula is C11H13F3N6. The number of nitrogens with one attached hydrogen (secondary N) is 2. The van der Waals surface area contributed by atoms with E-state index in [0.717, 1.165) is 4.68 Å². The molecule has 6 nitrogen and oxygen atoms in total. The number of anilines is 3. The van der Waals surface area contributed by atoms with Gasteiger partial charge in [0, 0.05) is 13.2 Å². The molecule has 0 saturated heterocycles. The molecule has 0 atom stereocenters. The molecule has 20 heavy (non-hydrogen) atoms. The van der Waals surface area contributed by atoms with Crippen LogP contribution in [-0.4, -0.2) is 33.0 Å². The lowest BCUT2D eigenvalue weighted by atomic mass is 10.4. The van der Waals surface area contributed by atoms with Crippen LogP contribution in [0.3, 0.4) is 0 Å². The zero-order valence-electron chi connectivity index (χ0n) is 10.9. The van der Waals surface area contributed by atoms with Gasteiger partial charge in [0.2, 0.25) is 5.95 Å². The normalized spacial score (nSPS) is 11.4. The summed E-state index contributed by atoms with van der Waals surface area (Å²) in [6.45, 7) is 0.418. The third-order valence-electron chi connectivity index (χ3n) is 2.59. The Morgan fingerprint density at radius 1 is 1.35 bits per heavy atom. The molecule has 0 fully saturated rings. The molecule has 2 aromatic rings. The second-order valence-corrected chi connectivity index (χ2v) is 4.06. The summed E-state index contributed by atoms with van der Waals surface area (Å²) in [7, 11) is 1.71. The standard InChI is InChI=1S/C11H13F3N6/c1-7-8(5-17-20(7)6-11(12,13)14)18-10-16-4-3-9(15-2)19-10/h3-5H,6H2,1-2H3,(H2,15,16,18,19). The van der Waals surface area contributed by atoms with E-state index in [1.807, 2.05) is 0 Å². The Kier molecular flexibility index (Phi) is 3.77. The Labute approximate surface area is 113 Å². The zero-order valence-corrected chi connectivity index (χ0v) is 10.9. The molecule has 0 aliphatic heterocycles. The number of aromatic nitrogens is 4. The van der Waals surface area contributed by atoms with E-state index in [1.165, 1.54) is 12.4 Å². The van der Waals surface area contributed by atoms with Crippen molar-refractivity contribution in [3.05, 3.63) is 24.2 Å². The van der Waals surface area contributed by atoms with E-state index in [-0.39, 0.29) is 5.95 Å². The highest BCUT2D eigenvalue weighted by Crippen LogP contribution is 2.22. The lowest BCUT2D eigenvalue weighted by molar-refractivity contribution is -0.142. The maximum Gasteiger partial charge on any atom is 0.408 e. The van der Waals surface area contributed by atoms with Crippen molar-refractivity contribution in [2.45, 2.75) is 19.6 Å². The van der Waals surface area contributed by atoms with Gasteiger partial charge in [-0.25, -0.2) is 4.98 Å². The van der Waals surface area contributed by atoms with Crippen LogP contribution in [0.1, 0.15) is 5.69 Å². The summed E-state index contributed by atoms with van der Waals surface area (Å²) in [4.78, 5) is 8.10. The number of nitrogens with zero attached hydrogens (tertiary/aromatic N) is 4. The smallest absolute Gasteiger partial charge is 0.373 e. The predicted octanol–water partition coefficient (Wildman–Crippen LogP) is 2.33. The second kappa shape index (κ2) is 5.35. The van der Waals surface area contributed by atoms with Crippen LogP contribution in [0.4, 0.5) is 30.6 Å². The van der Waals surface area contributed by atoms with Crippen molar-refractivity contribution in [3.8, 4) is 0 Å². The molecule has 2 heterocycles. The van der Waals surface area contributed by atoms with Crippen LogP contribution in [-0.2, 0) is 6.54 Å². The summed E-state index contributed by atoms with van der Waals surface area (Å²) < 4.78 is 37.9. The lowest BCUT2D eigenvalue weighted by Gasteiger charge is -2.09. The molecule has 0 bridgehead atoms. The number of alkyl halides is 3. The fraction of sp³-hybridized carbons (Fsp3) is 0.364. The van der Waals surface area contributed by atoms with Crippen molar-refractivity contribution in [2.75, 3.05) is 17.7 Å². The Bertz CT molecular complexity index is 592. The SMILES string of the molecule is CNc1ccnc(Nc2cnn(CC(F)(F)F)c2C)n1. The van der Waals surface area contributed by atoms with Crippen LogP contribution in [0.25, 0.3) is 0 Å². The first-order chi connectivity index (χ1) is 9.39. The molecule has 108 valence electrons. The summed E-state index contributed by atoms with van der Waals surface area (Å²) in [6, 6.07) is 1.67. The summed E-state index contributed by atoms with van der Waals surface area (Å²) in [6.07, 6.45) is -1.45. The number of hydrogen-bond donors (Lipinski definition) is 2. The van der Waals surface area contributed by atoms with Gasteiger partial charge in [0.05, 0.1) is 17.6 Å². The van der Waals surface area contributed by atoms with Crippen LogP contribution in [0.2, 0.25) is 0 Å². The third-order valence-corrected chi connectivity index (χ3v) is 2.59. The van der Waals surface area contributed by atoms with Gasteiger partial charge in [0.15, 0.2) is 0 Å². The van der Waals surface area contributed by atoms with Crippen LogP contribution >= 0.6 is 0 Å². The third kappa shape index (κ3) is 3.37. The van der Waals surface area contributed by atoms with Gasteiger partial charge in [-0.05, 0) is 13.0 Å². The van der Waals surface area contributed by atoms with Crippen molar-refractivity contribution < 1.29 is 13.2 Å². The summed E-state index contributed by atoms with van der Waals surface area (Å²) in [5.41, 5.74) is 0.795. The Balaban J connectivity index is 2.18. The van der Waals surface area contributed by atoms with Gasteiger partial charge < -0.3 is 10.6 Å². The van der Waals surface area contributed by atoms with Gasteiger partial charge >= 0.3 is 6.18 Å². The average molecular weight is 286 g/mol. The summed E-state index contributed by atoms with van der Waals surface area (Å²) in [5.74, 6) is 0.884. The molecule has 0 radical (unpaired) electrons. The van der Waals surface area contributed by atoms with Crippen molar-refractivity contribution in [3.63, 3.8) is 0 Å². The number of hydrogen-bond acceptors (Lipinski definition) is 5. The monoisotopic (exact) mass is 286 g/mol. The minimum absolute atomic E-state index is 0.284. The molecule has 2 N–H and O–H groups in total. The van der Waals surface area contributed by atoms with E-state index in [2.05, 4.69) is 25.7 Å². The summed E-state index contributed by atoms with van der Waals surface area (Å²) in [5, 5.41) is 9.39. The van der Waals surface area contributed by atoms with Crippen molar-refractivity contribution in [1.29, 1.82) is 0 Å². The van der Waals surface area contributed by atoms with E-state index in [0.29, 0.717) is 17.2 Å². The highest BCUT2D eigenvalue weighted by Gasteiger charge is 2.29. The summed E-state index contributed by atoms with van der Waals surface area (Å²) >= 11 is 0. The van der Waals surface area contributed by atoms with Crippen molar-refractivity contribution in [1.82, 2.24) is 19.7 Å². The van der Waals surface area contributed by atoms with Gasteiger partial charge in [0.1, 0.15) is 12.4 Å². The van der Waals surface area contributed by atoms with E-state index < -0.39 is 12.7 Å². The largest absolute Gasteiger partial charge is 0.408 e. The highest BCUT2D eigenvalue weighted by molar-refractivity contribution is 5.56. The average Bonchev–Trinajstić information content (AvgIpc) is 2.70. The molecule has 0 spiro atoms. The highest BCUT2D eigenvalue weighted by atomic mass is 19.4. The van der Waals surface area contributed by atoms with Crippen LogP contribution < -0.4 is 10.6 Å². The van der Waals surface area contributed by atoms with Crippen LogP contribution in [0.5, 0.6) is 0 Å². The molecule has 0 unspecified atom stereocenters. The van der Waals surface area contributed by atoms with E-state index in [4.69, 9.17) is 0 Å². The van der Waals surface area contributed by atoms with Gasteiger partial charge in [0.25, 0.3) is 0 Å². The van der Waals surface area contributed by atoms with E-state index in [9.17, 15) is 13.2 Å². The first-order valence-corrected chi connectivity index (χ1v) is 5.76. The number of rotatable bonds is 4. The minimum Gasteiger partial charge on any atom is -0.373 e.